The topological polar surface area (TPSA) is 46.3 Å². The van der Waals surface area contributed by atoms with Gasteiger partial charge in [-0.2, -0.15) is 0 Å². The molecule has 1 N–H and O–H groups in total. The minimum Gasteiger partial charge on any atom is -0.391 e. The molecule has 3 nitrogen and oxygen atoms in total. The van der Waals surface area contributed by atoms with Crippen LogP contribution in [-0.2, 0) is 6.61 Å². The van der Waals surface area contributed by atoms with Gasteiger partial charge in [0.2, 0.25) is 0 Å². The van der Waals surface area contributed by atoms with Crippen LogP contribution in [0.1, 0.15) is 42.6 Å². The van der Waals surface area contributed by atoms with Gasteiger partial charge < -0.3 is 9.63 Å². The number of hydrogen-bond donors (Lipinski definition) is 1. The van der Waals surface area contributed by atoms with E-state index in [0.29, 0.717) is 34.1 Å². The predicted octanol–water partition coefficient (Wildman–Crippen LogP) is 3.88. The van der Waals surface area contributed by atoms with Crippen molar-refractivity contribution in [3.8, 4) is 11.3 Å². The molecule has 1 aliphatic rings. The van der Waals surface area contributed by atoms with E-state index in [4.69, 9.17) is 4.52 Å². The Morgan fingerprint density at radius 3 is 2.85 bits per heavy atom. The number of hydrogen-bond acceptors (Lipinski definition) is 3. The fourth-order valence-corrected chi connectivity index (χ4v) is 2.46. The summed E-state index contributed by atoms with van der Waals surface area (Å²) in [7, 11) is 0. The maximum absolute atomic E-state index is 14.2. The number of nitrogens with zero attached hydrogens (tertiary/aromatic N) is 1. The molecule has 0 spiro atoms. The van der Waals surface area contributed by atoms with Crippen LogP contribution in [0.4, 0.5) is 4.39 Å². The van der Waals surface area contributed by atoms with Crippen molar-refractivity contribution in [1.82, 2.24) is 5.16 Å². The minimum atomic E-state index is -0.379. The van der Waals surface area contributed by atoms with Crippen LogP contribution in [0.5, 0.6) is 0 Å². The van der Waals surface area contributed by atoms with Gasteiger partial charge in [-0.15, -0.1) is 0 Å². The van der Waals surface area contributed by atoms with Crippen molar-refractivity contribution in [2.24, 2.45) is 0 Å². The second-order valence-corrected chi connectivity index (χ2v) is 5.25. The largest absolute Gasteiger partial charge is 0.391 e. The fourth-order valence-electron chi connectivity index (χ4n) is 2.46. The number of aliphatic hydroxyl groups excluding tert-OH is 1. The molecule has 1 aromatic heterocycles. The monoisotopic (exact) mass is 273 g/mol. The third-order valence-electron chi connectivity index (χ3n) is 3.64. The Hall–Kier alpha value is -1.94. The zero-order valence-electron chi connectivity index (χ0n) is 11.3. The zero-order valence-corrected chi connectivity index (χ0v) is 11.3. The Bertz CT molecular complexity index is 671. The lowest BCUT2D eigenvalue weighted by molar-refractivity contribution is 0.277. The lowest BCUT2D eigenvalue weighted by Crippen LogP contribution is -1.96. The van der Waals surface area contributed by atoms with Gasteiger partial charge in [-0.05, 0) is 31.4 Å². The van der Waals surface area contributed by atoms with Gasteiger partial charge in [0.15, 0.2) is 0 Å². The second-order valence-electron chi connectivity index (χ2n) is 5.25. The Balaban J connectivity index is 2.20. The van der Waals surface area contributed by atoms with E-state index in [1.54, 1.807) is 12.1 Å². The van der Waals surface area contributed by atoms with Crippen molar-refractivity contribution in [2.75, 3.05) is 0 Å². The highest BCUT2D eigenvalue weighted by Crippen LogP contribution is 2.44. The molecule has 20 heavy (non-hydrogen) atoms. The van der Waals surface area contributed by atoms with Crippen molar-refractivity contribution in [3.05, 3.63) is 47.5 Å². The highest BCUT2D eigenvalue weighted by atomic mass is 19.1. The Morgan fingerprint density at radius 1 is 1.50 bits per heavy atom. The molecule has 1 saturated carbocycles. The molecule has 104 valence electrons. The van der Waals surface area contributed by atoms with Crippen molar-refractivity contribution >= 4 is 5.57 Å². The maximum atomic E-state index is 14.2. The standard InChI is InChI=1S/C16H16FNO2/c1-9(2)11-4-3-5-13(17)14(11)15-12(8-19)16(20-18-15)10-6-7-10/h3-5,10,19H,1,6-8H2,2H3. The first-order valence-electron chi connectivity index (χ1n) is 6.67. The van der Waals surface area contributed by atoms with E-state index in [2.05, 4.69) is 11.7 Å². The van der Waals surface area contributed by atoms with Crippen LogP contribution in [0.2, 0.25) is 0 Å². The number of allylic oxidation sites excluding steroid dienone is 1. The third-order valence-corrected chi connectivity index (χ3v) is 3.64. The molecule has 0 saturated heterocycles. The van der Waals surface area contributed by atoms with Gasteiger partial charge >= 0.3 is 0 Å². The summed E-state index contributed by atoms with van der Waals surface area (Å²) < 4.78 is 19.6. The molecular weight excluding hydrogens is 257 g/mol. The number of benzene rings is 1. The molecule has 1 heterocycles. The number of rotatable bonds is 4. The van der Waals surface area contributed by atoms with Crippen LogP contribution in [0, 0.1) is 5.82 Å². The van der Waals surface area contributed by atoms with Crippen LogP contribution in [0.15, 0.2) is 29.3 Å². The van der Waals surface area contributed by atoms with E-state index in [9.17, 15) is 9.50 Å². The van der Waals surface area contributed by atoms with Gasteiger partial charge in [-0.1, -0.05) is 29.4 Å². The van der Waals surface area contributed by atoms with Crippen LogP contribution >= 0.6 is 0 Å². The number of aromatic nitrogens is 1. The molecule has 1 aromatic carbocycles. The van der Waals surface area contributed by atoms with E-state index >= 15 is 0 Å². The summed E-state index contributed by atoms with van der Waals surface area (Å²) >= 11 is 0. The Morgan fingerprint density at radius 2 is 2.25 bits per heavy atom. The Labute approximate surface area is 116 Å². The molecule has 0 aliphatic heterocycles. The molecule has 1 aliphatic carbocycles. The first kappa shape index (κ1) is 13.1. The Kier molecular flexibility index (Phi) is 3.18. The van der Waals surface area contributed by atoms with Gasteiger partial charge in [0.1, 0.15) is 17.3 Å². The molecule has 4 heteroatoms. The van der Waals surface area contributed by atoms with Gasteiger partial charge in [0.25, 0.3) is 0 Å². The fraction of sp³-hybridized carbons (Fsp3) is 0.312. The van der Waals surface area contributed by atoms with E-state index in [1.807, 2.05) is 6.92 Å². The van der Waals surface area contributed by atoms with Crippen LogP contribution < -0.4 is 0 Å². The summed E-state index contributed by atoms with van der Waals surface area (Å²) in [4.78, 5) is 0. The van der Waals surface area contributed by atoms with Crippen LogP contribution in [-0.4, -0.2) is 10.3 Å². The number of aliphatic hydroxyl groups is 1. The highest BCUT2D eigenvalue weighted by molar-refractivity contribution is 5.80. The first-order chi connectivity index (χ1) is 9.63. The second kappa shape index (κ2) is 4.87. The lowest BCUT2D eigenvalue weighted by Gasteiger charge is -2.09. The average Bonchev–Trinajstić information content (AvgIpc) is 3.18. The molecule has 3 rings (SSSR count). The smallest absolute Gasteiger partial charge is 0.145 e. The van der Waals surface area contributed by atoms with Gasteiger partial charge in [0, 0.05) is 17.0 Å². The van der Waals surface area contributed by atoms with Gasteiger partial charge in [-0.25, -0.2) is 4.39 Å². The summed E-state index contributed by atoms with van der Waals surface area (Å²) in [6.45, 7) is 5.49. The molecule has 1 fully saturated rings. The minimum absolute atomic E-state index is 0.200. The molecule has 2 aromatic rings. The summed E-state index contributed by atoms with van der Waals surface area (Å²) in [5.74, 6) is 0.632. The predicted molar refractivity (Wildman–Crippen MR) is 74.5 cm³/mol. The molecule has 0 radical (unpaired) electrons. The third kappa shape index (κ3) is 2.06. The molecule has 0 amide bonds. The highest BCUT2D eigenvalue weighted by Gasteiger charge is 2.33. The SMILES string of the molecule is C=C(C)c1cccc(F)c1-c1noc(C2CC2)c1CO. The van der Waals surface area contributed by atoms with Crippen molar-refractivity contribution < 1.29 is 14.0 Å². The van der Waals surface area contributed by atoms with E-state index in [-0.39, 0.29) is 12.4 Å². The van der Waals surface area contributed by atoms with Crippen LogP contribution in [0.3, 0.4) is 0 Å². The van der Waals surface area contributed by atoms with Gasteiger partial charge in [0.05, 0.1) is 6.61 Å². The molecule has 0 bridgehead atoms. The van der Waals surface area contributed by atoms with Crippen molar-refractivity contribution in [1.29, 1.82) is 0 Å². The molecule has 0 atom stereocenters. The lowest BCUT2D eigenvalue weighted by atomic mass is 9.96. The van der Waals surface area contributed by atoms with E-state index in [1.165, 1.54) is 6.07 Å². The number of halogens is 1. The van der Waals surface area contributed by atoms with Crippen molar-refractivity contribution in [2.45, 2.75) is 32.3 Å². The van der Waals surface area contributed by atoms with Crippen LogP contribution in [0.25, 0.3) is 16.8 Å². The summed E-state index contributed by atoms with van der Waals surface area (Å²) in [5, 5.41) is 13.6. The molecular formula is C16H16FNO2. The normalized spacial score (nSPS) is 14.6. The van der Waals surface area contributed by atoms with E-state index < -0.39 is 0 Å². The summed E-state index contributed by atoms with van der Waals surface area (Å²) in [6.07, 6.45) is 2.07. The quantitative estimate of drug-likeness (QED) is 0.919. The van der Waals surface area contributed by atoms with E-state index in [0.717, 1.165) is 18.4 Å². The average molecular weight is 273 g/mol. The summed E-state index contributed by atoms with van der Waals surface area (Å²) in [5.41, 5.74) is 2.79. The van der Waals surface area contributed by atoms with Gasteiger partial charge in [-0.3, -0.25) is 0 Å². The zero-order chi connectivity index (χ0) is 14.3. The molecule has 0 unspecified atom stereocenters. The maximum Gasteiger partial charge on any atom is 0.145 e. The van der Waals surface area contributed by atoms with Crippen molar-refractivity contribution in [3.63, 3.8) is 0 Å². The summed E-state index contributed by atoms with van der Waals surface area (Å²) in [6, 6.07) is 4.82. The first-order valence-corrected chi connectivity index (χ1v) is 6.67.